The van der Waals surface area contributed by atoms with Crippen molar-refractivity contribution >= 4 is 16.2 Å². The standard InChI is InChI=1S/C19H23NO6S.C14H14O/c1-19(2,3)25-18(22)20-17(21)13-14-9-11-15(12-10-14)26-27(23,24)16-7-5-4-6-8-16;1-3-7-13(8-4-1)11-15-12-14-9-5-2-6-10-14/h4-12,17,21H,13H2,1-3H3,(H,20,22);1-10H,11-12H2. The SMILES string of the molecule is CC(C)(C)OC(=O)NC(O)Cc1ccc(OS(=O)(=O)c2ccccc2)cc1.c1ccc(COCc2ccccc2)cc1. The minimum absolute atomic E-state index is 0.0612. The van der Waals surface area contributed by atoms with Crippen LogP contribution in [0.4, 0.5) is 4.79 Å². The van der Waals surface area contributed by atoms with Crippen molar-refractivity contribution in [1.82, 2.24) is 5.32 Å². The van der Waals surface area contributed by atoms with Crippen LogP contribution in [0.2, 0.25) is 0 Å². The van der Waals surface area contributed by atoms with E-state index >= 15 is 0 Å². The summed E-state index contributed by atoms with van der Waals surface area (Å²) in [6, 6.07) is 34.4. The summed E-state index contributed by atoms with van der Waals surface area (Å²) in [5.41, 5.74) is 2.46. The number of nitrogens with one attached hydrogen (secondary N) is 1. The molecule has 2 N–H and O–H groups in total. The molecule has 0 aliphatic carbocycles. The summed E-state index contributed by atoms with van der Waals surface area (Å²) in [6.45, 7) is 6.52. The van der Waals surface area contributed by atoms with Gasteiger partial charge in [0.25, 0.3) is 0 Å². The number of carbonyl (C=O) groups excluding carboxylic acids is 1. The maximum Gasteiger partial charge on any atom is 0.409 e. The zero-order valence-corrected chi connectivity index (χ0v) is 24.8. The van der Waals surface area contributed by atoms with E-state index in [2.05, 4.69) is 29.6 Å². The molecule has 0 radical (unpaired) electrons. The molecule has 0 saturated heterocycles. The largest absolute Gasteiger partial charge is 0.444 e. The number of aliphatic hydroxyl groups is 1. The molecule has 4 aromatic carbocycles. The van der Waals surface area contributed by atoms with E-state index in [-0.39, 0.29) is 17.1 Å². The van der Waals surface area contributed by atoms with Gasteiger partial charge in [-0.2, -0.15) is 8.42 Å². The van der Waals surface area contributed by atoms with Crippen LogP contribution in [0.25, 0.3) is 0 Å². The third-order valence-corrected chi connectivity index (χ3v) is 6.76. The quantitative estimate of drug-likeness (QED) is 0.166. The van der Waals surface area contributed by atoms with E-state index in [0.717, 1.165) is 0 Å². The molecule has 1 atom stereocenters. The lowest BCUT2D eigenvalue weighted by atomic mass is 10.1. The van der Waals surface area contributed by atoms with E-state index in [4.69, 9.17) is 13.7 Å². The molecule has 1 unspecified atom stereocenters. The minimum Gasteiger partial charge on any atom is -0.444 e. The molecule has 0 aliphatic rings. The van der Waals surface area contributed by atoms with E-state index in [1.54, 1.807) is 51.1 Å². The number of rotatable bonds is 10. The highest BCUT2D eigenvalue weighted by atomic mass is 32.2. The molecule has 1 amide bonds. The lowest BCUT2D eigenvalue weighted by Crippen LogP contribution is -2.40. The van der Waals surface area contributed by atoms with Crippen molar-refractivity contribution in [2.45, 2.75) is 57.1 Å². The van der Waals surface area contributed by atoms with Gasteiger partial charge in [-0.15, -0.1) is 0 Å². The number of hydrogen-bond acceptors (Lipinski definition) is 7. The van der Waals surface area contributed by atoms with Crippen molar-refractivity contribution in [3.63, 3.8) is 0 Å². The maximum atomic E-state index is 12.2. The normalized spacial score (nSPS) is 11.9. The molecule has 0 aliphatic heterocycles. The van der Waals surface area contributed by atoms with Gasteiger partial charge in [0, 0.05) is 6.42 Å². The maximum absolute atomic E-state index is 12.2. The van der Waals surface area contributed by atoms with Gasteiger partial charge in [0.15, 0.2) is 0 Å². The molecule has 0 heterocycles. The van der Waals surface area contributed by atoms with Gasteiger partial charge in [-0.1, -0.05) is 91.0 Å². The molecule has 4 aromatic rings. The molecule has 0 spiro atoms. The van der Waals surface area contributed by atoms with Crippen LogP contribution in [-0.4, -0.2) is 31.4 Å². The fraction of sp³-hybridized carbons (Fsp3) is 0.242. The van der Waals surface area contributed by atoms with E-state index in [9.17, 15) is 18.3 Å². The third kappa shape index (κ3) is 12.1. The monoisotopic (exact) mass is 591 g/mol. The second-order valence-corrected chi connectivity index (χ2v) is 11.9. The van der Waals surface area contributed by atoms with Crippen LogP contribution in [-0.2, 0) is 39.2 Å². The number of ether oxygens (including phenoxy) is 2. The zero-order valence-electron chi connectivity index (χ0n) is 24.0. The van der Waals surface area contributed by atoms with Crippen molar-refractivity contribution in [2.75, 3.05) is 0 Å². The van der Waals surface area contributed by atoms with Gasteiger partial charge in [-0.3, -0.25) is 5.32 Å². The number of benzene rings is 4. The second-order valence-electron chi connectivity index (χ2n) is 10.3. The lowest BCUT2D eigenvalue weighted by Gasteiger charge is -2.21. The van der Waals surface area contributed by atoms with Crippen LogP contribution in [0, 0.1) is 0 Å². The van der Waals surface area contributed by atoms with Gasteiger partial charge in [0.05, 0.1) is 13.2 Å². The summed E-state index contributed by atoms with van der Waals surface area (Å²) < 4.78 is 40.1. The molecule has 8 nitrogen and oxygen atoms in total. The molecule has 0 bridgehead atoms. The predicted molar refractivity (Wildman–Crippen MR) is 161 cm³/mol. The van der Waals surface area contributed by atoms with E-state index in [0.29, 0.717) is 18.8 Å². The first kappa shape index (κ1) is 32.3. The van der Waals surface area contributed by atoms with Crippen molar-refractivity contribution in [2.24, 2.45) is 0 Å². The van der Waals surface area contributed by atoms with Crippen LogP contribution < -0.4 is 9.50 Å². The second kappa shape index (κ2) is 15.7. The first-order valence-electron chi connectivity index (χ1n) is 13.4. The predicted octanol–water partition coefficient (Wildman–Crippen LogP) is 6.24. The Morgan fingerprint density at radius 3 is 1.69 bits per heavy atom. The Morgan fingerprint density at radius 1 is 0.738 bits per heavy atom. The zero-order chi connectivity index (χ0) is 30.4. The average Bonchev–Trinajstić information content (AvgIpc) is 2.95. The molecular formula is C33H37NO7S. The van der Waals surface area contributed by atoms with Crippen molar-refractivity contribution < 1.29 is 32.0 Å². The van der Waals surface area contributed by atoms with Crippen LogP contribution in [0.5, 0.6) is 5.75 Å². The summed E-state index contributed by atoms with van der Waals surface area (Å²) in [5.74, 6) is 0.150. The van der Waals surface area contributed by atoms with Gasteiger partial charge in [0.2, 0.25) is 0 Å². The van der Waals surface area contributed by atoms with Crippen LogP contribution in [0.3, 0.4) is 0 Å². The molecule has 9 heteroatoms. The molecule has 222 valence electrons. The average molecular weight is 592 g/mol. The van der Waals surface area contributed by atoms with Crippen molar-refractivity contribution in [3.05, 3.63) is 132 Å². The van der Waals surface area contributed by atoms with Crippen LogP contribution in [0.15, 0.2) is 120 Å². The van der Waals surface area contributed by atoms with E-state index < -0.39 is 28.0 Å². The number of aliphatic hydroxyl groups excluding tert-OH is 1. The summed E-state index contributed by atoms with van der Waals surface area (Å²) in [5, 5.41) is 12.3. The fourth-order valence-electron chi connectivity index (χ4n) is 3.60. The van der Waals surface area contributed by atoms with Gasteiger partial charge < -0.3 is 18.8 Å². The Balaban J connectivity index is 0.000000271. The van der Waals surface area contributed by atoms with Crippen molar-refractivity contribution in [3.8, 4) is 5.75 Å². The Labute approximate surface area is 248 Å². The Hall–Kier alpha value is -4.18. The van der Waals surface area contributed by atoms with Crippen LogP contribution >= 0.6 is 0 Å². The Morgan fingerprint density at radius 2 is 1.21 bits per heavy atom. The molecular weight excluding hydrogens is 554 g/mol. The molecule has 0 fully saturated rings. The van der Waals surface area contributed by atoms with E-state index in [1.807, 2.05) is 36.4 Å². The number of alkyl carbamates (subject to hydrolysis) is 1. The number of hydrogen-bond donors (Lipinski definition) is 2. The summed E-state index contributed by atoms with van der Waals surface area (Å²) in [6.07, 6.45) is -1.73. The topological polar surface area (TPSA) is 111 Å². The van der Waals surface area contributed by atoms with Gasteiger partial charge >= 0.3 is 16.2 Å². The Bertz CT molecular complexity index is 1420. The minimum atomic E-state index is -3.91. The summed E-state index contributed by atoms with van der Waals surface area (Å²) in [4.78, 5) is 11.7. The summed E-state index contributed by atoms with van der Waals surface area (Å²) >= 11 is 0. The van der Waals surface area contributed by atoms with E-state index in [1.165, 1.54) is 35.4 Å². The molecule has 0 saturated carbocycles. The lowest BCUT2D eigenvalue weighted by molar-refractivity contribution is 0.0359. The number of amides is 1. The van der Waals surface area contributed by atoms with Gasteiger partial charge in [-0.05, 0) is 61.7 Å². The highest BCUT2D eigenvalue weighted by molar-refractivity contribution is 7.87. The highest BCUT2D eigenvalue weighted by Gasteiger charge is 2.19. The first-order chi connectivity index (χ1) is 20.0. The van der Waals surface area contributed by atoms with Gasteiger partial charge in [-0.25, -0.2) is 4.79 Å². The molecule has 42 heavy (non-hydrogen) atoms. The third-order valence-electron chi connectivity index (χ3n) is 5.50. The smallest absolute Gasteiger partial charge is 0.409 e. The van der Waals surface area contributed by atoms with Crippen molar-refractivity contribution in [1.29, 1.82) is 0 Å². The van der Waals surface area contributed by atoms with Gasteiger partial charge in [0.1, 0.15) is 22.5 Å². The first-order valence-corrected chi connectivity index (χ1v) is 14.8. The molecule has 0 aromatic heterocycles. The molecule has 4 rings (SSSR count). The summed E-state index contributed by atoms with van der Waals surface area (Å²) in [7, 11) is -3.91. The highest BCUT2D eigenvalue weighted by Crippen LogP contribution is 2.19. The number of carbonyl (C=O) groups is 1. The van der Waals surface area contributed by atoms with Crippen LogP contribution in [0.1, 0.15) is 37.5 Å². The fourth-order valence-corrected chi connectivity index (χ4v) is 4.55. The Kier molecular flexibility index (Phi) is 12.1.